The molecule has 6 N–H and O–H groups in total. The highest BCUT2D eigenvalue weighted by Crippen LogP contribution is 2.43. The van der Waals surface area contributed by atoms with Crippen molar-refractivity contribution in [3.8, 4) is 0 Å². The van der Waals surface area contributed by atoms with Gasteiger partial charge in [-0.3, -0.25) is 13.8 Å². The first-order valence-corrected chi connectivity index (χ1v) is 21.9. The molecule has 0 bridgehead atoms. The minimum absolute atomic E-state index is 0.0598. The van der Waals surface area contributed by atoms with Crippen molar-refractivity contribution in [3.63, 3.8) is 0 Å². The van der Waals surface area contributed by atoms with E-state index in [2.05, 4.69) is 31.3 Å². The van der Waals surface area contributed by atoms with Crippen molar-refractivity contribution < 1.29 is 33.5 Å². The van der Waals surface area contributed by atoms with Gasteiger partial charge < -0.3 is 26.2 Å². The Morgan fingerprint density at radius 2 is 1.10 bits per heavy atom. The van der Waals surface area contributed by atoms with Gasteiger partial charge >= 0.3 is 7.82 Å². The smallest absolute Gasteiger partial charge is 0.393 e. The minimum atomic E-state index is -4.37. The Morgan fingerprint density at radius 3 is 1.57 bits per heavy atom. The molecule has 0 saturated carbocycles. The van der Waals surface area contributed by atoms with Gasteiger partial charge in [0.2, 0.25) is 5.91 Å². The first-order chi connectivity index (χ1) is 23.8. The van der Waals surface area contributed by atoms with Crippen molar-refractivity contribution >= 4 is 13.7 Å². The van der Waals surface area contributed by atoms with E-state index in [0.717, 1.165) is 44.9 Å². The van der Waals surface area contributed by atoms with E-state index >= 15 is 0 Å². The Kier molecular flexibility index (Phi) is 35.0. The molecule has 0 heterocycles. The minimum Gasteiger partial charge on any atom is -0.393 e. The summed E-state index contributed by atoms with van der Waals surface area (Å²) in [5.74, 6) is -0.418. The normalized spacial score (nSPS) is 15.0. The molecule has 49 heavy (non-hydrogen) atoms. The molecule has 0 aliphatic rings. The zero-order valence-corrected chi connectivity index (χ0v) is 32.7. The number of hydrogen-bond acceptors (Lipinski definition) is 7. The first kappa shape index (κ1) is 48.2. The van der Waals surface area contributed by atoms with Crippen LogP contribution in [0.15, 0.2) is 12.2 Å². The fourth-order valence-corrected chi connectivity index (χ4v) is 6.82. The lowest BCUT2D eigenvalue weighted by Crippen LogP contribution is -2.47. The van der Waals surface area contributed by atoms with Crippen molar-refractivity contribution in [1.82, 2.24) is 5.32 Å². The van der Waals surface area contributed by atoms with Crippen LogP contribution >= 0.6 is 7.82 Å². The summed E-state index contributed by atoms with van der Waals surface area (Å²) in [6.07, 6.45) is 33.9. The highest BCUT2D eigenvalue weighted by atomic mass is 31.2. The van der Waals surface area contributed by atoms with Crippen LogP contribution in [0.25, 0.3) is 0 Å². The molecule has 0 aliphatic carbocycles. The lowest BCUT2D eigenvalue weighted by Gasteiger charge is -2.25. The highest BCUT2D eigenvalue weighted by Gasteiger charge is 2.28. The first-order valence-electron chi connectivity index (χ1n) is 20.4. The molecular weight excluding hydrogens is 639 g/mol. The van der Waals surface area contributed by atoms with Gasteiger partial charge in [-0.25, -0.2) is 4.57 Å². The number of aliphatic hydroxyl groups excluding tert-OH is 2. The van der Waals surface area contributed by atoms with Gasteiger partial charge in [0.25, 0.3) is 0 Å². The molecular formula is C39H79N2O7P. The highest BCUT2D eigenvalue weighted by molar-refractivity contribution is 7.47. The van der Waals surface area contributed by atoms with E-state index in [-0.39, 0.29) is 26.2 Å². The predicted octanol–water partition coefficient (Wildman–Crippen LogP) is 9.80. The standard InChI is InChI=1S/C39H79N2O7P/c1-3-5-7-9-11-13-15-17-18-19-20-22-24-26-28-30-36(42)34-39(44)41-37(35-48-49(45,46)47-33-32-40)38(43)31-29-27-25-23-21-16-14-12-10-8-6-4-2/h17-18,36-38,42-43H,3-16,19-35,40H2,1-2H3,(H,41,44)(H,45,46)/b18-17-. The van der Waals surface area contributed by atoms with Crippen LogP contribution in [0.2, 0.25) is 0 Å². The van der Waals surface area contributed by atoms with Crippen LogP contribution in [-0.2, 0) is 18.4 Å². The molecule has 0 radical (unpaired) electrons. The largest absolute Gasteiger partial charge is 0.472 e. The maximum atomic E-state index is 12.8. The molecule has 0 aromatic rings. The van der Waals surface area contributed by atoms with Gasteiger partial charge in [-0.05, 0) is 38.5 Å². The molecule has 292 valence electrons. The second-order valence-electron chi connectivity index (χ2n) is 14.0. The molecule has 0 aliphatic heterocycles. The number of phosphoric ester groups is 1. The van der Waals surface area contributed by atoms with Crippen LogP contribution in [0.5, 0.6) is 0 Å². The van der Waals surface area contributed by atoms with Gasteiger partial charge in [0.15, 0.2) is 0 Å². The Balaban J connectivity index is 4.31. The lowest BCUT2D eigenvalue weighted by atomic mass is 10.0. The number of amides is 1. The number of rotatable bonds is 38. The molecule has 0 fully saturated rings. The third-order valence-corrected chi connectivity index (χ3v) is 10.2. The monoisotopic (exact) mass is 719 g/mol. The van der Waals surface area contributed by atoms with Crippen LogP contribution in [0.1, 0.15) is 194 Å². The van der Waals surface area contributed by atoms with Crippen LogP contribution in [0.4, 0.5) is 0 Å². The Labute approximate surface area is 301 Å². The van der Waals surface area contributed by atoms with E-state index in [9.17, 15) is 24.5 Å². The summed E-state index contributed by atoms with van der Waals surface area (Å²) in [6, 6.07) is -0.894. The third kappa shape index (κ3) is 34.1. The fourth-order valence-electron chi connectivity index (χ4n) is 6.06. The molecule has 0 aromatic carbocycles. The molecule has 1 amide bonds. The van der Waals surface area contributed by atoms with Gasteiger partial charge in [0.1, 0.15) is 0 Å². The zero-order chi connectivity index (χ0) is 36.3. The van der Waals surface area contributed by atoms with Crippen LogP contribution in [-0.4, -0.2) is 59.0 Å². The molecule has 0 rings (SSSR count). The molecule has 0 aromatic heterocycles. The second kappa shape index (κ2) is 35.6. The summed E-state index contributed by atoms with van der Waals surface area (Å²) in [5, 5.41) is 24.1. The SMILES string of the molecule is CCCCCCCC/C=C\CCCCCCCC(O)CC(=O)NC(COP(=O)(O)OCCN)C(O)CCCCCCCCCCCCCC. The van der Waals surface area contributed by atoms with Crippen molar-refractivity contribution in [3.05, 3.63) is 12.2 Å². The van der Waals surface area contributed by atoms with Gasteiger partial charge in [-0.1, -0.05) is 161 Å². The number of phosphoric acid groups is 1. The molecule has 4 unspecified atom stereocenters. The quantitative estimate of drug-likeness (QED) is 0.0240. The molecule has 9 nitrogen and oxygen atoms in total. The summed E-state index contributed by atoms with van der Waals surface area (Å²) in [6.45, 7) is 4.02. The van der Waals surface area contributed by atoms with Gasteiger partial charge in [-0.2, -0.15) is 0 Å². The van der Waals surface area contributed by atoms with E-state index in [1.807, 2.05) is 0 Å². The maximum absolute atomic E-state index is 12.8. The maximum Gasteiger partial charge on any atom is 0.472 e. The van der Waals surface area contributed by atoms with Crippen LogP contribution in [0.3, 0.4) is 0 Å². The molecule has 4 atom stereocenters. The average Bonchev–Trinajstić information content (AvgIpc) is 3.07. The zero-order valence-electron chi connectivity index (χ0n) is 31.8. The number of nitrogens with one attached hydrogen (secondary N) is 1. The van der Waals surface area contributed by atoms with Gasteiger partial charge in [0, 0.05) is 6.54 Å². The molecule has 10 heteroatoms. The summed E-state index contributed by atoms with van der Waals surface area (Å²) in [5.41, 5.74) is 5.35. The third-order valence-electron chi connectivity index (χ3n) is 9.17. The van der Waals surface area contributed by atoms with E-state index in [4.69, 9.17) is 14.8 Å². The number of aliphatic hydroxyl groups is 2. The van der Waals surface area contributed by atoms with E-state index < -0.39 is 32.0 Å². The van der Waals surface area contributed by atoms with Gasteiger partial charge in [-0.15, -0.1) is 0 Å². The number of unbranched alkanes of at least 4 members (excludes halogenated alkanes) is 22. The van der Waals surface area contributed by atoms with Gasteiger partial charge in [0.05, 0.1) is 37.9 Å². The topological polar surface area (TPSA) is 151 Å². The van der Waals surface area contributed by atoms with E-state index in [1.165, 1.54) is 116 Å². The number of nitrogens with two attached hydrogens (primary N) is 1. The van der Waals surface area contributed by atoms with Crippen molar-refractivity contribution in [1.29, 1.82) is 0 Å². The summed E-state index contributed by atoms with van der Waals surface area (Å²) < 4.78 is 22.1. The van der Waals surface area contributed by atoms with Crippen LogP contribution in [0, 0.1) is 0 Å². The number of allylic oxidation sites excluding steroid dienone is 2. The Morgan fingerprint density at radius 1 is 0.673 bits per heavy atom. The number of carbonyl (C=O) groups excluding carboxylic acids is 1. The summed E-state index contributed by atoms with van der Waals surface area (Å²) in [4.78, 5) is 22.7. The Bertz CT molecular complexity index is 801. The summed E-state index contributed by atoms with van der Waals surface area (Å²) in [7, 11) is -4.37. The average molecular weight is 719 g/mol. The van der Waals surface area contributed by atoms with E-state index in [1.54, 1.807) is 0 Å². The molecule has 0 saturated heterocycles. The van der Waals surface area contributed by atoms with Crippen LogP contribution < -0.4 is 11.1 Å². The summed E-state index contributed by atoms with van der Waals surface area (Å²) >= 11 is 0. The lowest BCUT2D eigenvalue weighted by molar-refractivity contribution is -0.125. The predicted molar refractivity (Wildman–Crippen MR) is 204 cm³/mol. The van der Waals surface area contributed by atoms with Crippen molar-refractivity contribution in [2.45, 2.75) is 212 Å². The number of carbonyl (C=O) groups is 1. The molecule has 0 spiro atoms. The van der Waals surface area contributed by atoms with E-state index in [0.29, 0.717) is 12.8 Å². The second-order valence-corrected chi connectivity index (χ2v) is 15.5. The van der Waals surface area contributed by atoms with Crippen molar-refractivity contribution in [2.75, 3.05) is 19.8 Å². The number of hydrogen-bond donors (Lipinski definition) is 5. The van der Waals surface area contributed by atoms with Crippen molar-refractivity contribution in [2.24, 2.45) is 5.73 Å². The Hall–Kier alpha value is -0.800. The fraction of sp³-hybridized carbons (Fsp3) is 0.923.